The minimum absolute atomic E-state index is 0.0909. The van der Waals surface area contributed by atoms with Crippen LogP contribution in [0.5, 0.6) is 5.75 Å². The molecule has 0 aliphatic heterocycles. The Bertz CT molecular complexity index is 1360. The number of carbonyl (C=O) groups excluding carboxylic acids is 1. The Balaban J connectivity index is 1.54. The maximum atomic E-state index is 12.5. The van der Waals surface area contributed by atoms with E-state index in [9.17, 15) is 4.79 Å². The lowest BCUT2D eigenvalue weighted by Crippen LogP contribution is -2.21. The van der Waals surface area contributed by atoms with Crippen molar-refractivity contribution in [3.63, 3.8) is 0 Å². The fourth-order valence-electron chi connectivity index (χ4n) is 3.24. The van der Waals surface area contributed by atoms with E-state index < -0.39 is 0 Å². The summed E-state index contributed by atoms with van der Waals surface area (Å²) in [6, 6.07) is 22.2. The van der Waals surface area contributed by atoms with E-state index in [2.05, 4.69) is 20.7 Å². The minimum atomic E-state index is -0.280. The summed E-state index contributed by atoms with van der Waals surface area (Å²) in [5, 5.41) is 14.6. The van der Waals surface area contributed by atoms with E-state index in [1.807, 2.05) is 59.2 Å². The number of rotatable bonds is 8. The van der Waals surface area contributed by atoms with E-state index in [1.165, 1.54) is 11.8 Å². The van der Waals surface area contributed by atoms with Crippen molar-refractivity contribution in [2.24, 2.45) is 5.10 Å². The van der Waals surface area contributed by atoms with Crippen molar-refractivity contribution < 1.29 is 9.53 Å². The lowest BCUT2D eigenvalue weighted by Gasteiger charge is -2.11. The molecule has 0 saturated carbocycles. The Morgan fingerprint density at radius 1 is 1.03 bits per heavy atom. The number of halogens is 2. The number of nitrogens with one attached hydrogen (secondary N) is 1. The van der Waals surface area contributed by atoms with Crippen LogP contribution in [-0.2, 0) is 4.79 Å². The number of hydrogen-bond donors (Lipinski definition) is 1. The number of carbonyl (C=O) groups is 1. The van der Waals surface area contributed by atoms with Gasteiger partial charge >= 0.3 is 0 Å². The Labute approximate surface area is 217 Å². The molecule has 0 aliphatic carbocycles. The molecule has 0 aliphatic rings. The molecule has 0 radical (unpaired) electrons. The van der Waals surface area contributed by atoms with Crippen LogP contribution in [0.4, 0.5) is 0 Å². The first-order valence-electron chi connectivity index (χ1n) is 10.5. The molecule has 3 aromatic carbocycles. The third-order valence-corrected chi connectivity index (χ3v) is 6.52. The number of ether oxygens (including phenoxy) is 1. The number of hydrogen-bond acceptors (Lipinski definition) is 6. The zero-order valence-corrected chi connectivity index (χ0v) is 21.2. The molecule has 1 amide bonds. The first-order chi connectivity index (χ1) is 17.0. The summed E-state index contributed by atoms with van der Waals surface area (Å²) in [6.07, 6.45) is 0. The Kier molecular flexibility index (Phi) is 8.07. The smallest absolute Gasteiger partial charge is 0.250 e. The van der Waals surface area contributed by atoms with Gasteiger partial charge in [0, 0.05) is 26.9 Å². The minimum Gasteiger partial charge on any atom is -0.497 e. The maximum Gasteiger partial charge on any atom is 0.250 e. The monoisotopic (exact) mass is 525 g/mol. The van der Waals surface area contributed by atoms with Crippen LogP contribution in [0.3, 0.4) is 0 Å². The van der Waals surface area contributed by atoms with Crippen molar-refractivity contribution in [1.29, 1.82) is 0 Å². The average molecular weight is 526 g/mol. The topological polar surface area (TPSA) is 81.4 Å². The van der Waals surface area contributed by atoms with Crippen LogP contribution in [0.2, 0.25) is 10.0 Å². The molecule has 10 heteroatoms. The van der Waals surface area contributed by atoms with Crippen molar-refractivity contribution in [1.82, 2.24) is 20.2 Å². The lowest BCUT2D eigenvalue weighted by atomic mass is 10.1. The van der Waals surface area contributed by atoms with Crippen LogP contribution >= 0.6 is 35.0 Å². The second-order valence-electron chi connectivity index (χ2n) is 7.35. The highest BCUT2D eigenvalue weighted by Gasteiger charge is 2.17. The van der Waals surface area contributed by atoms with Crippen LogP contribution in [0.1, 0.15) is 12.5 Å². The molecule has 4 aromatic rings. The highest BCUT2D eigenvalue weighted by Crippen LogP contribution is 2.29. The highest BCUT2D eigenvalue weighted by molar-refractivity contribution is 7.99. The van der Waals surface area contributed by atoms with Gasteiger partial charge in [-0.1, -0.05) is 53.2 Å². The number of aromatic nitrogens is 3. The Hall–Kier alpha value is -3.33. The van der Waals surface area contributed by atoms with Crippen LogP contribution in [-0.4, -0.2) is 39.2 Å². The number of methoxy groups -OCH3 is 1. The fourth-order valence-corrected chi connectivity index (χ4v) is 4.38. The molecule has 0 saturated heterocycles. The SMILES string of the molecule is COc1ccc(-c2nnc(SCC(=O)N/N=C(/C)c3ccccc3Cl)n2-c2ccc(Cl)cc2)cc1. The third-order valence-electron chi connectivity index (χ3n) is 5.01. The predicted molar refractivity (Wildman–Crippen MR) is 141 cm³/mol. The Morgan fingerprint density at radius 2 is 1.74 bits per heavy atom. The van der Waals surface area contributed by atoms with Crippen LogP contribution < -0.4 is 10.2 Å². The first kappa shape index (κ1) is 24.8. The summed E-state index contributed by atoms with van der Waals surface area (Å²) in [7, 11) is 1.62. The number of benzene rings is 3. The van der Waals surface area contributed by atoms with Gasteiger partial charge in [0.2, 0.25) is 0 Å². The molecule has 0 atom stereocenters. The molecule has 4 rings (SSSR count). The summed E-state index contributed by atoms with van der Waals surface area (Å²) in [5.74, 6) is 1.18. The van der Waals surface area contributed by atoms with Crippen molar-refractivity contribution in [3.8, 4) is 22.8 Å². The van der Waals surface area contributed by atoms with Gasteiger partial charge in [-0.05, 0) is 61.5 Å². The maximum absolute atomic E-state index is 12.5. The molecule has 1 aromatic heterocycles. The van der Waals surface area contributed by atoms with Gasteiger partial charge in [0.25, 0.3) is 5.91 Å². The van der Waals surface area contributed by atoms with E-state index in [0.717, 1.165) is 22.6 Å². The molecule has 1 heterocycles. The molecule has 1 N–H and O–H groups in total. The number of hydrazone groups is 1. The second-order valence-corrected chi connectivity index (χ2v) is 9.13. The second kappa shape index (κ2) is 11.4. The van der Waals surface area contributed by atoms with E-state index in [1.54, 1.807) is 32.2 Å². The van der Waals surface area contributed by atoms with E-state index in [0.29, 0.717) is 26.7 Å². The van der Waals surface area contributed by atoms with Crippen LogP contribution in [0.25, 0.3) is 17.1 Å². The van der Waals surface area contributed by atoms with E-state index >= 15 is 0 Å². The van der Waals surface area contributed by atoms with Crippen molar-refractivity contribution >= 4 is 46.6 Å². The van der Waals surface area contributed by atoms with Gasteiger partial charge in [-0.25, -0.2) is 5.43 Å². The van der Waals surface area contributed by atoms with Crippen molar-refractivity contribution in [2.75, 3.05) is 12.9 Å². The summed E-state index contributed by atoms with van der Waals surface area (Å²) >= 11 is 13.5. The summed E-state index contributed by atoms with van der Waals surface area (Å²) < 4.78 is 7.14. The third kappa shape index (κ3) is 6.03. The lowest BCUT2D eigenvalue weighted by molar-refractivity contribution is -0.118. The van der Waals surface area contributed by atoms with E-state index in [4.69, 9.17) is 27.9 Å². The zero-order chi connectivity index (χ0) is 24.8. The molecule has 178 valence electrons. The van der Waals surface area contributed by atoms with Gasteiger partial charge in [-0.3, -0.25) is 9.36 Å². The average Bonchev–Trinajstić information content (AvgIpc) is 3.30. The fraction of sp³-hybridized carbons (Fsp3) is 0.120. The molecular formula is C25H21Cl2N5O2S. The van der Waals surface area contributed by atoms with Crippen LogP contribution in [0.15, 0.2) is 83.1 Å². The molecule has 35 heavy (non-hydrogen) atoms. The summed E-state index contributed by atoms with van der Waals surface area (Å²) in [4.78, 5) is 12.5. The van der Waals surface area contributed by atoms with E-state index in [-0.39, 0.29) is 11.7 Å². The quantitative estimate of drug-likeness (QED) is 0.176. The highest BCUT2D eigenvalue weighted by atomic mass is 35.5. The molecule has 0 fully saturated rings. The van der Waals surface area contributed by atoms with Crippen molar-refractivity contribution in [2.45, 2.75) is 12.1 Å². The standard InChI is InChI=1S/C25H21Cl2N5O2S/c1-16(21-5-3-4-6-22(21)27)28-29-23(33)15-35-25-31-30-24(17-7-13-20(34-2)14-8-17)32(25)19-11-9-18(26)10-12-19/h3-14H,15H2,1-2H3,(H,29,33)/b28-16-. The van der Waals surface area contributed by atoms with Gasteiger partial charge < -0.3 is 4.74 Å². The number of nitrogens with zero attached hydrogens (tertiary/aromatic N) is 4. The molecule has 0 bridgehead atoms. The molecule has 7 nitrogen and oxygen atoms in total. The first-order valence-corrected chi connectivity index (χ1v) is 12.3. The van der Waals surface area contributed by atoms with Gasteiger partial charge in [-0.15, -0.1) is 10.2 Å². The van der Waals surface area contributed by atoms with Gasteiger partial charge in [0.15, 0.2) is 11.0 Å². The largest absolute Gasteiger partial charge is 0.497 e. The van der Waals surface area contributed by atoms with Gasteiger partial charge in [-0.2, -0.15) is 5.10 Å². The normalized spacial score (nSPS) is 11.4. The summed E-state index contributed by atoms with van der Waals surface area (Å²) in [5.41, 5.74) is 5.62. The molecular weight excluding hydrogens is 505 g/mol. The molecule has 0 unspecified atom stereocenters. The van der Waals surface area contributed by atoms with Gasteiger partial charge in [0.05, 0.1) is 18.6 Å². The molecule has 0 spiro atoms. The van der Waals surface area contributed by atoms with Crippen molar-refractivity contribution in [3.05, 3.63) is 88.4 Å². The summed E-state index contributed by atoms with van der Waals surface area (Å²) in [6.45, 7) is 1.78. The zero-order valence-electron chi connectivity index (χ0n) is 18.9. The number of amides is 1. The van der Waals surface area contributed by atoms with Crippen LogP contribution in [0, 0.1) is 0 Å². The Morgan fingerprint density at radius 3 is 2.43 bits per heavy atom. The predicted octanol–water partition coefficient (Wildman–Crippen LogP) is 5.88. The number of thioether (sulfide) groups is 1. The van der Waals surface area contributed by atoms with Gasteiger partial charge in [0.1, 0.15) is 5.75 Å².